The van der Waals surface area contributed by atoms with E-state index >= 15 is 0 Å². The molecule has 21 heavy (non-hydrogen) atoms. The number of thioether (sulfide) groups is 1. The summed E-state index contributed by atoms with van der Waals surface area (Å²) in [7, 11) is 1.25. The molecule has 0 unspecified atom stereocenters. The van der Waals surface area contributed by atoms with Crippen molar-refractivity contribution in [2.24, 2.45) is 0 Å². The molecule has 110 valence electrons. The van der Waals surface area contributed by atoms with Crippen LogP contribution in [0.4, 0.5) is 0 Å². The van der Waals surface area contributed by atoms with Gasteiger partial charge in [0.1, 0.15) is 0 Å². The third-order valence-corrected chi connectivity index (χ3v) is 4.18. The molecule has 0 radical (unpaired) electrons. The standard InChI is InChI=1S/C14H12ClNO4S/c1-20-14(19)6-13-16(12(18)8-21-13)7-11(17)9-4-2-3-5-10(9)15/h2-6H,7-8H2,1H3/b13-6-. The van der Waals surface area contributed by atoms with E-state index in [0.29, 0.717) is 15.6 Å². The fourth-order valence-electron chi connectivity index (χ4n) is 1.78. The summed E-state index contributed by atoms with van der Waals surface area (Å²) in [6, 6.07) is 6.63. The number of benzene rings is 1. The number of amides is 1. The van der Waals surface area contributed by atoms with Crippen LogP contribution < -0.4 is 0 Å². The quantitative estimate of drug-likeness (QED) is 0.482. The number of carbonyl (C=O) groups excluding carboxylic acids is 3. The minimum absolute atomic E-state index is 0.154. The molecule has 1 saturated heterocycles. The van der Waals surface area contributed by atoms with E-state index in [9.17, 15) is 14.4 Å². The van der Waals surface area contributed by atoms with Gasteiger partial charge in [0.25, 0.3) is 0 Å². The molecular weight excluding hydrogens is 314 g/mol. The molecule has 1 aliphatic heterocycles. The van der Waals surface area contributed by atoms with Gasteiger partial charge >= 0.3 is 5.97 Å². The number of nitrogens with zero attached hydrogens (tertiary/aromatic N) is 1. The third-order valence-electron chi connectivity index (χ3n) is 2.83. The van der Waals surface area contributed by atoms with Gasteiger partial charge in [-0.15, -0.1) is 0 Å². The second-order valence-corrected chi connectivity index (χ2v) is 5.58. The Bertz CT molecular complexity index is 629. The fraction of sp³-hybridized carbons (Fsp3) is 0.214. The van der Waals surface area contributed by atoms with Crippen LogP contribution in [0, 0.1) is 0 Å². The maximum Gasteiger partial charge on any atom is 0.333 e. The van der Waals surface area contributed by atoms with Gasteiger partial charge in [0, 0.05) is 5.56 Å². The van der Waals surface area contributed by atoms with Crippen molar-refractivity contribution in [3.05, 3.63) is 46.0 Å². The highest BCUT2D eigenvalue weighted by Crippen LogP contribution is 2.29. The van der Waals surface area contributed by atoms with E-state index in [0.717, 1.165) is 0 Å². The Hall–Kier alpha value is -1.79. The molecule has 0 spiro atoms. The van der Waals surface area contributed by atoms with Crippen LogP contribution in [0.25, 0.3) is 0 Å². The summed E-state index contributed by atoms with van der Waals surface area (Å²) in [4.78, 5) is 36.6. The summed E-state index contributed by atoms with van der Waals surface area (Å²) < 4.78 is 4.53. The van der Waals surface area contributed by atoms with Gasteiger partial charge < -0.3 is 4.74 Å². The lowest BCUT2D eigenvalue weighted by Gasteiger charge is -2.16. The van der Waals surface area contributed by atoms with Crippen LogP contribution in [0.15, 0.2) is 35.4 Å². The van der Waals surface area contributed by atoms with E-state index in [-0.39, 0.29) is 24.0 Å². The molecular formula is C14H12ClNO4S. The van der Waals surface area contributed by atoms with Crippen molar-refractivity contribution >= 4 is 41.0 Å². The van der Waals surface area contributed by atoms with Crippen LogP contribution in [0.3, 0.4) is 0 Å². The molecule has 0 N–H and O–H groups in total. The first-order chi connectivity index (χ1) is 10.0. The molecule has 0 atom stereocenters. The molecule has 5 nitrogen and oxygen atoms in total. The van der Waals surface area contributed by atoms with Crippen LogP contribution in [0.5, 0.6) is 0 Å². The number of Topliss-reactive ketones (excluding diaryl/α,β-unsaturated/α-hetero) is 1. The molecule has 1 heterocycles. The van der Waals surface area contributed by atoms with Gasteiger partial charge in [0.2, 0.25) is 5.91 Å². The van der Waals surface area contributed by atoms with E-state index < -0.39 is 5.97 Å². The molecule has 2 rings (SSSR count). The highest BCUT2D eigenvalue weighted by molar-refractivity contribution is 8.04. The fourth-order valence-corrected chi connectivity index (χ4v) is 2.95. The zero-order chi connectivity index (χ0) is 15.4. The second kappa shape index (κ2) is 6.78. The van der Waals surface area contributed by atoms with Gasteiger partial charge in [-0.05, 0) is 12.1 Å². The largest absolute Gasteiger partial charge is 0.466 e. The monoisotopic (exact) mass is 325 g/mol. The zero-order valence-corrected chi connectivity index (χ0v) is 12.7. The van der Waals surface area contributed by atoms with Gasteiger partial charge in [0.15, 0.2) is 5.78 Å². The van der Waals surface area contributed by atoms with E-state index in [1.807, 2.05) is 0 Å². The number of halogens is 1. The Labute approximate surface area is 130 Å². The van der Waals surface area contributed by atoms with E-state index in [1.165, 1.54) is 29.8 Å². The molecule has 0 saturated carbocycles. The van der Waals surface area contributed by atoms with Crippen molar-refractivity contribution in [2.75, 3.05) is 19.4 Å². The molecule has 1 amide bonds. The average Bonchev–Trinajstić information content (AvgIpc) is 2.80. The maximum absolute atomic E-state index is 12.2. The predicted molar refractivity (Wildman–Crippen MR) is 80.1 cm³/mol. The van der Waals surface area contributed by atoms with Crippen LogP contribution in [-0.2, 0) is 14.3 Å². The first kappa shape index (κ1) is 15.6. The van der Waals surface area contributed by atoms with Crippen LogP contribution in [0.1, 0.15) is 10.4 Å². The molecule has 1 aromatic rings. The Morgan fingerprint density at radius 2 is 2.14 bits per heavy atom. The van der Waals surface area contributed by atoms with Crippen molar-refractivity contribution < 1.29 is 19.1 Å². The molecule has 0 bridgehead atoms. The number of hydrogen-bond acceptors (Lipinski definition) is 5. The summed E-state index contributed by atoms with van der Waals surface area (Å²) in [6.07, 6.45) is 1.20. The van der Waals surface area contributed by atoms with Crippen molar-refractivity contribution in [3.8, 4) is 0 Å². The van der Waals surface area contributed by atoms with Crippen molar-refractivity contribution in [2.45, 2.75) is 0 Å². The van der Waals surface area contributed by atoms with Crippen molar-refractivity contribution in [1.82, 2.24) is 4.90 Å². The van der Waals surface area contributed by atoms with Crippen molar-refractivity contribution in [3.63, 3.8) is 0 Å². The molecule has 0 aromatic heterocycles. The number of esters is 1. The number of ether oxygens (including phenoxy) is 1. The predicted octanol–water partition coefficient (Wildman–Crippen LogP) is 2.11. The van der Waals surface area contributed by atoms with Crippen LogP contribution in [-0.4, -0.2) is 42.0 Å². The zero-order valence-electron chi connectivity index (χ0n) is 11.2. The minimum atomic E-state index is -0.567. The van der Waals surface area contributed by atoms with Gasteiger partial charge in [-0.1, -0.05) is 35.5 Å². The number of hydrogen-bond donors (Lipinski definition) is 0. The van der Waals surface area contributed by atoms with E-state index in [4.69, 9.17) is 11.6 Å². The summed E-state index contributed by atoms with van der Waals surface area (Å²) in [5.74, 6) is -0.885. The maximum atomic E-state index is 12.2. The molecule has 1 aromatic carbocycles. The summed E-state index contributed by atoms with van der Waals surface area (Å²) in [5.41, 5.74) is 0.348. The van der Waals surface area contributed by atoms with E-state index in [2.05, 4.69) is 4.74 Å². The average molecular weight is 326 g/mol. The topological polar surface area (TPSA) is 63.7 Å². The summed E-state index contributed by atoms with van der Waals surface area (Å²) in [6.45, 7) is -0.154. The third kappa shape index (κ3) is 3.65. The minimum Gasteiger partial charge on any atom is -0.466 e. The lowest BCUT2D eigenvalue weighted by atomic mass is 10.1. The Morgan fingerprint density at radius 1 is 1.43 bits per heavy atom. The molecule has 1 fully saturated rings. The second-order valence-electron chi connectivity index (χ2n) is 4.18. The SMILES string of the molecule is COC(=O)/C=C1\SCC(=O)N1CC(=O)c1ccccc1Cl. The van der Waals surface area contributed by atoms with Gasteiger partial charge in [-0.2, -0.15) is 0 Å². The van der Waals surface area contributed by atoms with Gasteiger partial charge in [-0.3, -0.25) is 14.5 Å². The first-order valence-electron chi connectivity index (χ1n) is 6.03. The van der Waals surface area contributed by atoms with Crippen LogP contribution >= 0.6 is 23.4 Å². The van der Waals surface area contributed by atoms with Gasteiger partial charge in [0.05, 0.1) is 35.5 Å². The number of methoxy groups -OCH3 is 1. The normalized spacial score (nSPS) is 16.4. The summed E-state index contributed by atoms with van der Waals surface area (Å²) in [5, 5.41) is 0.743. The highest BCUT2D eigenvalue weighted by Gasteiger charge is 2.29. The van der Waals surface area contributed by atoms with Gasteiger partial charge in [-0.25, -0.2) is 4.79 Å². The Balaban J connectivity index is 2.18. The Morgan fingerprint density at radius 3 is 2.81 bits per heavy atom. The smallest absolute Gasteiger partial charge is 0.333 e. The molecule has 1 aliphatic rings. The number of carbonyl (C=O) groups is 3. The molecule has 7 heteroatoms. The van der Waals surface area contributed by atoms with E-state index in [1.54, 1.807) is 24.3 Å². The number of rotatable bonds is 4. The first-order valence-corrected chi connectivity index (χ1v) is 7.40. The van der Waals surface area contributed by atoms with Crippen molar-refractivity contribution in [1.29, 1.82) is 0 Å². The lowest BCUT2D eigenvalue weighted by Crippen LogP contribution is -2.31. The summed E-state index contributed by atoms with van der Waals surface area (Å²) >= 11 is 7.16. The van der Waals surface area contributed by atoms with Crippen LogP contribution in [0.2, 0.25) is 5.02 Å². The Kier molecular flexibility index (Phi) is 5.03. The molecule has 0 aliphatic carbocycles. The highest BCUT2D eigenvalue weighted by atomic mass is 35.5. The number of ketones is 1. The lowest BCUT2D eigenvalue weighted by molar-refractivity contribution is -0.134.